The third-order valence-corrected chi connectivity index (χ3v) is 7.63. The molecule has 0 radical (unpaired) electrons. The number of aliphatic imine (C=N–C) groups is 1. The van der Waals surface area contributed by atoms with E-state index >= 15 is 0 Å². The molecule has 9 nitrogen and oxygen atoms in total. The number of benzene rings is 3. The minimum atomic E-state index is -0.428. The first-order valence-corrected chi connectivity index (χ1v) is 13.9. The second-order valence-corrected chi connectivity index (χ2v) is 10.6. The van der Waals surface area contributed by atoms with Crippen LogP contribution in [0.4, 0.5) is 15.8 Å². The van der Waals surface area contributed by atoms with E-state index in [1.807, 2.05) is 48.5 Å². The number of piperazine rings is 1. The van der Waals surface area contributed by atoms with E-state index in [2.05, 4.69) is 27.1 Å². The summed E-state index contributed by atoms with van der Waals surface area (Å²) in [5, 5.41) is 14.2. The van der Waals surface area contributed by atoms with Crippen molar-refractivity contribution in [3.63, 3.8) is 0 Å². The van der Waals surface area contributed by atoms with Crippen LogP contribution in [-0.4, -0.2) is 91.3 Å². The van der Waals surface area contributed by atoms with Crippen molar-refractivity contribution in [2.24, 2.45) is 4.99 Å². The van der Waals surface area contributed by atoms with Crippen LogP contribution in [0.2, 0.25) is 0 Å². The number of halogens is 1. The second kappa shape index (κ2) is 12.5. The number of H-pyrrole nitrogens is 1. The number of amides is 2. The Kier molecular flexibility index (Phi) is 8.65. The predicted molar refractivity (Wildman–Crippen MR) is 163 cm³/mol. The molecule has 5 rings (SSSR count). The molecule has 3 N–H and O–H groups in total. The maximum atomic E-state index is 14.0. The molecule has 0 aliphatic carbocycles. The third-order valence-electron chi connectivity index (χ3n) is 7.63. The number of likely N-dealkylation sites (N-methyl/N-ethyl adjacent to an activating group) is 3. The molecule has 0 atom stereocenters. The minimum absolute atomic E-state index is 0.0142. The van der Waals surface area contributed by atoms with Crippen molar-refractivity contribution in [3.8, 4) is 5.88 Å². The number of rotatable bonds is 8. The molecule has 0 unspecified atom stereocenters. The summed E-state index contributed by atoms with van der Waals surface area (Å²) in [5.41, 5.74) is 4.12. The maximum Gasteiger partial charge on any atom is 0.240 e. The number of aromatic nitrogens is 1. The molecule has 1 saturated heterocycles. The average Bonchev–Trinajstić information content (AvgIpc) is 3.31. The van der Waals surface area contributed by atoms with E-state index in [0.29, 0.717) is 40.0 Å². The van der Waals surface area contributed by atoms with Gasteiger partial charge < -0.3 is 25.2 Å². The highest BCUT2D eigenvalue weighted by Gasteiger charge is 2.21. The van der Waals surface area contributed by atoms with Gasteiger partial charge in [0.25, 0.3) is 0 Å². The molecule has 10 heteroatoms. The molecule has 1 fully saturated rings. The highest BCUT2D eigenvalue weighted by atomic mass is 19.1. The lowest BCUT2D eigenvalue weighted by Gasteiger charge is -2.32. The van der Waals surface area contributed by atoms with Gasteiger partial charge in [-0.15, -0.1) is 0 Å². The molecule has 3 aromatic carbocycles. The van der Waals surface area contributed by atoms with Crippen LogP contribution in [0, 0.1) is 5.82 Å². The van der Waals surface area contributed by atoms with Gasteiger partial charge in [0.1, 0.15) is 5.82 Å². The van der Waals surface area contributed by atoms with Gasteiger partial charge in [-0.05, 0) is 61.1 Å². The number of aromatic hydroxyl groups is 1. The quantitative estimate of drug-likeness (QED) is 0.281. The van der Waals surface area contributed by atoms with Gasteiger partial charge in [0.2, 0.25) is 11.8 Å². The largest absolute Gasteiger partial charge is 0.494 e. The van der Waals surface area contributed by atoms with Gasteiger partial charge in [-0.1, -0.05) is 18.2 Å². The van der Waals surface area contributed by atoms with Crippen LogP contribution in [0.1, 0.15) is 16.7 Å². The Balaban J connectivity index is 1.48. The summed E-state index contributed by atoms with van der Waals surface area (Å²) in [5.74, 6) is -0.682. The number of carbonyl (C=O) groups is 2. The SMILES string of the molecule is CNC(=O)Cc1cccc(C(=Nc2ccc(N(C)C(=O)CN3CCN(C)CC3)cc2)c2c(O)[nH]c3cc(F)ccc23)c1. The van der Waals surface area contributed by atoms with Crippen LogP contribution in [-0.2, 0) is 16.0 Å². The normalized spacial score (nSPS) is 14.7. The van der Waals surface area contributed by atoms with Crippen molar-refractivity contribution >= 4 is 39.8 Å². The number of hydrogen-bond acceptors (Lipinski definition) is 6. The topological polar surface area (TPSA) is 104 Å². The number of nitrogens with zero attached hydrogens (tertiary/aromatic N) is 4. The van der Waals surface area contributed by atoms with E-state index in [9.17, 15) is 19.1 Å². The Morgan fingerprint density at radius 2 is 1.79 bits per heavy atom. The minimum Gasteiger partial charge on any atom is -0.494 e. The van der Waals surface area contributed by atoms with Crippen molar-refractivity contribution in [2.45, 2.75) is 6.42 Å². The molecule has 1 aliphatic heterocycles. The molecule has 4 aromatic rings. The second-order valence-electron chi connectivity index (χ2n) is 10.6. The van der Waals surface area contributed by atoms with E-state index in [-0.39, 0.29) is 24.1 Å². The van der Waals surface area contributed by atoms with Crippen molar-refractivity contribution in [3.05, 3.63) is 89.2 Å². The van der Waals surface area contributed by atoms with Gasteiger partial charge in [-0.2, -0.15) is 0 Å². The molecular weight excluding hydrogens is 535 g/mol. The number of aromatic amines is 1. The molecule has 0 saturated carbocycles. The fourth-order valence-corrected chi connectivity index (χ4v) is 5.09. The number of fused-ring (bicyclic) bond motifs is 1. The van der Waals surface area contributed by atoms with Gasteiger partial charge in [-0.25, -0.2) is 9.38 Å². The predicted octanol–water partition coefficient (Wildman–Crippen LogP) is 3.68. The number of anilines is 1. The van der Waals surface area contributed by atoms with Crippen LogP contribution in [0.5, 0.6) is 5.88 Å². The monoisotopic (exact) mass is 570 g/mol. The first-order chi connectivity index (χ1) is 20.2. The lowest BCUT2D eigenvalue weighted by Crippen LogP contribution is -2.48. The molecular formula is C32H35FN6O3. The van der Waals surface area contributed by atoms with Crippen LogP contribution in [0.15, 0.2) is 71.7 Å². The smallest absolute Gasteiger partial charge is 0.240 e. The lowest BCUT2D eigenvalue weighted by molar-refractivity contribution is -0.120. The molecule has 0 spiro atoms. The first-order valence-electron chi connectivity index (χ1n) is 13.9. The number of hydrogen-bond donors (Lipinski definition) is 3. The summed E-state index contributed by atoms with van der Waals surface area (Å²) in [7, 11) is 5.44. The summed E-state index contributed by atoms with van der Waals surface area (Å²) in [6.45, 7) is 3.98. The Morgan fingerprint density at radius 1 is 1.05 bits per heavy atom. The molecule has 2 heterocycles. The van der Waals surface area contributed by atoms with Gasteiger partial charge in [0.05, 0.1) is 35.4 Å². The van der Waals surface area contributed by atoms with E-state index in [0.717, 1.165) is 37.4 Å². The lowest BCUT2D eigenvalue weighted by atomic mass is 9.98. The molecule has 0 bridgehead atoms. The summed E-state index contributed by atoms with van der Waals surface area (Å²) in [6.07, 6.45) is 0.186. The Morgan fingerprint density at radius 3 is 2.50 bits per heavy atom. The van der Waals surface area contributed by atoms with E-state index < -0.39 is 5.82 Å². The average molecular weight is 571 g/mol. The zero-order valence-electron chi connectivity index (χ0n) is 24.0. The summed E-state index contributed by atoms with van der Waals surface area (Å²) in [4.78, 5) is 38.9. The Bertz CT molecular complexity index is 1620. The van der Waals surface area contributed by atoms with E-state index in [1.54, 1.807) is 25.1 Å². The summed E-state index contributed by atoms with van der Waals surface area (Å²) >= 11 is 0. The molecule has 2 amide bonds. The molecule has 42 heavy (non-hydrogen) atoms. The number of nitrogens with one attached hydrogen (secondary N) is 2. The fourth-order valence-electron chi connectivity index (χ4n) is 5.09. The molecule has 1 aromatic heterocycles. The van der Waals surface area contributed by atoms with Gasteiger partial charge >= 0.3 is 0 Å². The van der Waals surface area contributed by atoms with E-state index in [4.69, 9.17) is 4.99 Å². The van der Waals surface area contributed by atoms with Gasteiger partial charge in [0, 0.05) is 56.9 Å². The maximum absolute atomic E-state index is 14.0. The highest BCUT2D eigenvalue weighted by Crippen LogP contribution is 2.32. The summed E-state index contributed by atoms with van der Waals surface area (Å²) in [6, 6.07) is 19.0. The standard InChI is InChI=1S/C32H35FN6O3/c1-34-28(40)18-21-5-4-6-22(17-21)31(30-26-12-7-23(33)19-27(26)36-32(30)42)35-24-8-10-25(11-9-24)38(3)29(41)20-39-15-13-37(2)14-16-39/h4-12,17,19,36,42H,13-16,18,20H2,1-3H3,(H,34,40). The van der Waals surface area contributed by atoms with Crippen molar-refractivity contribution < 1.29 is 19.1 Å². The summed E-state index contributed by atoms with van der Waals surface area (Å²) < 4.78 is 14.0. The van der Waals surface area contributed by atoms with Crippen molar-refractivity contribution in [1.82, 2.24) is 20.1 Å². The van der Waals surface area contributed by atoms with Crippen LogP contribution in [0.25, 0.3) is 10.9 Å². The molecule has 218 valence electrons. The Labute approximate surface area is 244 Å². The van der Waals surface area contributed by atoms with Crippen LogP contribution >= 0.6 is 0 Å². The van der Waals surface area contributed by atoms with Gasteiger partial charge in [-0.3, -0.25) is 14.5 Å². The first kappa shape index (κ1) is 29.0. The van der Waals surface area contributed by atoms with Crippen molar-refractivity contribution in [1.29, 1.82) is 0 Å². The van der Waals surface area contributed by atoms with Crippen LogP contribution < -0.4 is 10.2 Å². The Hall–Kier alpha value is -4.54. The van der Waals surface area contributed by atoms with E-state index in [1.165, 1.54) is 12.1 Å². The zero-order chi connectivity index (χ0) is 29.8. The van der Waals surface area contributed by atoms with Crippen LogP contribution in [0.3, 0.4) is 0 Å². The fraction of sp³-hybridized carbons (Fsp3) is 0.281. The number of carbonyl (C=O) groups excluding carboxylic acids is 2. The zero-order valence-corrected chi connectivity index (χ0v) is 24.0. The highest BCUT2D eigenvalue weighted by molar-refractivity contribution is 6.22. The van der Waals surface area contributed by atoms with Crippen molar-refractivity contribution in [2.75, 3.05) is 58.8 Å². The third kappa shape index (κ3) is 6.50. The van der Waals surface area contributed by atoms with Gasteiger partial charge in [0.15, 0.2) is 5.88 Å². The molecule has 1 aliphatic rings.